The SMILES string of the molecule is NCCCNC[C@H]1O[C@H](O[C@H]2[C@H](O[C@@H]3O[C@H](CO)[C@@H](O[C@H]4OC(CN)[C@@H](O)[C@H](O)[C@H]4N)[C@H]3O)[C@@H](O)[C@H](N)C[C@@H]2N)[C@H](N)[C@@H](O)[C@@H]1O. The quantitative estimate of drug-likeness (QED) is 0.0808. The molecule has 20 N–H and O–H groups in total. The number of ether oxygens (including phenoxy) is 6. The van der Waals surface area contributed by atoms with Crippen LogP contribution in [0.15, 0.2) is 0 Å². The minimum Gasteiger partial charge on any atom is -0.394 e. The molecule has 0 radical (unpaired) electrons. The first-order chi connectivity index (χ1) is 21.8. The summed E-state index contributed by atoms with van der Waals surface area (Å²) in [6.45, 7) is 0.342. The van der Waals surface area contributed by atoms with Crippen LogP contribution in [0.2, 0.25) is 0 Å². The molecule has 4 aliphatic rings. The monoisotopic (exact) mass is 671 g/mol. The van der Waals surface area contributed by atoms with Crippen molar-refractivity contribution in [3.8, 4) is 0 Å². The topological polar surface area (TPSA) is 365 Å². The Hall–Kier alpha value is -0.800. The van der Waals surface area contributed by atoms with Crippen molar-refractivity contribution < 1.29 is 64.2 Å². The molecular weight excluding hydrogens is 618 g/mol. The minimum absolute atomic E-state index is 0.0926. The fourth-order valence-corrected chi connectivity index (χ4v) is 6.19. The van der Waals surface area contributed by atoms with Crippen LogP contribution in [-0.4, -0.2) is 185 Å². The summed E-state index contributed by atoms with van der Waals surface area (Å²) < 4.78 is 35.2. The summed E-state index contributed by atoms with van der Waals surface area (Å²) in [7, 11) is 0. The van der Waals surface area contributed by atoms with Gasteiger partial charge in [-0.05, 0) is 25.9 Å². The number of nitrogens with two attached hydrogens (primary N) is 6. The maximum atomic E-state index is 11.2. The van der Waals surface area contributed by atoms with Crippen molar-refractivity contribution in [3.05, 3.63) is 0 Å². The van der Waals surface area contributed by atoms with Crippen molar-refractivity contribution in [1.29, 1.82) is 0 Å². The molecule has 0 aromatic carbocycles. The lowest BCUT2D eigenvalue weighted by molar-refractivity contribution is -0.307. The Bertz CT molecular complexity index is 935. The third-order valence-corrected chi connectivity index (χ3v) is 9.04. The molecule has 0 aromatic heterocycles. The lowest BCUT2D eigenvalue weighted by atomic mass is 9.84. The van der Waals surface area contributed by atoms with E-state index in [9.17, 15) is 35.7 Å². The summed E-state index contributed by atoms with van der Waals surface area (Å²) in [5.74, 6) is 0. The number of aliphatic hydroxyl groups excluding tert-OH is 7. The van der Waals surface area contributed by atoms with Gasteiger partial charge in [0.05, 0.1) is 24.8 Å². The number of nitrogens with one attached hydrogen (secondary N) is 1. The highest BCUT2D eigenvalue weighted by molar-refractivity contribution is 5.02. The van der Waals surface area contributed by atoms with Gasteiger partial charge < -0.3 is 104 Å². The van der Waals surface area contributed by atoms with Gasteiger partial charge in [0, 0.05) is 25.2 Å². The number of aliphatic hydroxyl groups is 7. The van der Waals surface area contributed by atoms with Crippen molar-refractivity contribution in [2.24, 2.45) is 34.4 Å². The van der Waals surface area contributed by atoms with E-state index in [4.69, 9.17) is 62.8 Å². The minimum atomic E-state index is -1.61. The second-order valence-corrected chi connectivity index (χ2v) is 12.4. The molecule has 20 nitrogen and oxygen atoms in total. The number of hydrogen-bond acceptors (Lipinski definition) is 20. The summed E-state index contributed by atoms with van der Waals surface area (Å²) in [4.78, 5) is 0. The Morgan fingerprint density at radius 2 is 1.15 bits per heavy atom. The molecule has 4 fully saturated rings. The zero-order valence-corrected chi connectivity index (χ0v) is 25.5. The molecule has 19 atom stereocenters. The van der Waals surface area contributed by atoms with Gasteiger partial charge in [0.15, 0.2) is 18.9 Å². The Balaban J connectivity index is 1.47. The molecule has 0 amide bonds. The Kier molecular flexibility index (Phi) is 13.8. The molecular formula is C26H53N7O13. The van der Waals surface area contributed by atoms with Gasteiger partial charge in [0.1, 0.15) is 67.1 Å². The highest BCUT2D eigenvalue weighted by Gasteiger charge is 2.54. The first kappa shape index (κ1) is 38.0. The van der Waals surface area contributed by atoms with E-state index >= 15 is 0 Å². The Morgan fingerprint density at radius 1 is 0.609 bits per heavy atom. The van der Waals surface area contributed by atoms with Gasteiger partial charge in [-0.2, -0.15) is 0 Å². The average molecular weight is 672 g/mol. The fourth-order valence-electron chi connectivity index (χ4n) is 6.19. The fraction of sp³-hybridized carbons (Fsp3) is 1.00. The first-order valence-electron chi connectivity index (χ1n) is 15.6. The van der Waals surface area contributed by atoms with Crippen LogP contribution in [0.1, 0.15) is 12.8 Å². The molecule has 3 saturated heterocycles. The zero-order valence-electron chi connectivity index (χ0n) is 25.5. The van der Waals surface area contributed by atoms with Crippen molar-refractivity contribution >= 4 is 0 Å². The van der Waals surface area contributed by atoms with E-state index in [1.807, 2.05) is 0 Å². The van der Waals surface area contributed by atoms with E-state index < -0.39 is 123 Å². The van der Waals surface area contributed by atoms with Crippen molar-refractivity contribution in [2.75, 3.05) is 32.8 Å². The van der Waals surface area contributed by atoms with E-state index in [-0.39, 0.29) is 19.5 Å². The Labute approximate surface area is 266 Å². The smallest absolute Gasteiger partial charge is 0.187 e. The van der Waals surface area contributed by atoms with E-state index in [1.165, 1.54) is 0 Å². The van der Waals surface area contributed by atoms with Crippen LogP contribution < -0.4 is 39.7 Å². The lowest BCUT2D eigenvalue weighted by Gasteiger charge is -2.47. The molecule has 1 unspecified atom stereocenters. The average Bonchev–Trinajstić information content (AvgIpc) is 3.33. The molecule has 0 spiro atoms. The maximum Gasteiger partial charge on any atom is 0.187 e. The molecule has 0 bridgehead atoms. The van der Waals surface area contributed by atoms with Crippen molar-refractivity contribution in [1.82, 2.24) is 5.32 Å². The van der Waals surface area contributed by atoms with Crippen LogP contribution in [0.3, 0.4) is 0 Å². The van der Waals surface area contributed by atoms with E-state index in [1.54, 1.807) is 0 Å². The van der Waals surface area contributed by atoms with Crippen LogP contribution >= 0.6 is 0 Å². The summed E-state index contributed by atoms with van der Waals surface area (Å²) in [5, 5.41) is 77.1. The molecule has 46 heavy (non-hydrogen) atoms. The summed E-state index contributed by atoms with van der Waals surface area (Å²) in [6, 6.07) is -4.18. The van der Waals surface area contributed by atoms with Gasteiger partial charge in [-0.3, -0.25) is 0 Å². The summed E-state index contributed by atoms with van der Waals surface area (Å²) >= 11 is 0. The van der Waals surface area contributed by atoms with Gasteiger partial charge in [-0.1, -0.05) is 0 Å². The Morgan fingerprint density at radius 3 is 1.74 bits per heavy atom. The summed E-state index contributed by atoms with van der Waals surface area (Å²) in [6.07, 6.45) is -19.0. The first-order valence-corrected chi connectivity index (χ1v) is 15.6. The highest BCUT2D eigenvalue weighted by Crippen LogP contribution is 2.34. The third-order valence-electron chi connectivity index (χ3n) is 9.04. The lowest BCUT2D eigenvalue weighted by Crippen LogP contribution is -2.68. The van der Waals surface area contributed by atoms with Crippen LogP contribution in [0.25, 0.3) is 0 Å². The molecule has 0 aromatic rings. The summed E-state index contributed by atoms with van der Waals surface area (Å²) in [5.41, 5.74) is 35.8. The maximum absolute atomic E-state index is 11.2. The number of hydrogen-bond donors (Lipinski definition) is 14. The van der Waals surface area contributed by atoms with Gasteiger partial charge in [-0.15, -0.1) is 0 Å². The van der Waals surface area contributed by atoms with E-state index in [0.29, 0.717) is 19.5 Å². The van der Waals surface area contributed by atoms with Crippen LogP contribution in [0.4, 0.5) is 0 Å². The number of rotatable bonds is 13. The molecule has 1 aliphatic carbocycles. The van der Waals surface area contributed by atoms with Gasteiger partial charge in [-0.25, -0.2) is 0 Å². The van der Waals surface area contributed by atoms with Crippen LogP contribution in [-0.2, 0) is 28.4 Å². The van der Waals surface area contributed by atoms with Gasteiger partial charge >= 0.3 is 0 Å². The van der Waals surface area contributed by atoms with Gasteiger partial charge in [0.25, 0.3) is 0 Å². The standard InChI is InChI=1S/C26H53N7O13/c27-2-1-3-33-6-11-17(37)19(39)14(32)25(42-11)44-21-9(30)4-8(29)15(35)23(21)46-26-20(40)22(12(7-34)43-26)45-24-13(31)18(38)16(36)10(5-28)41-24/h8-26,33-40H,1-7,27-32H2/t8-,9+,10?,11-,12-,13-,14-,15+,16-,17-,18-,19-,20-,21-,22-,23-,24-,25-,26+/m1/s1. The molecule has 1 saturated carbocycles. The zero-order chi connectivity index (χ0) is 33.9. The van der Waals surface area contributed by atoms with Crippen LogP contribution in [0, 0.1) is 0 Å². The van der Waals surface area contributed by atoms with Gasteiger partial charge in [0.2, 0.25) is 0 Å². The van der Waals surface area contributed by atoms with E-state index in [2.05, 4.69) is 5.32 Å². The molecule has 3 aliphatic heterocycles. The molecule has 4 rings (SSSR count). The second kappa shape index (κ2) is 16.7. The third kappa shape index (κ3) is 8.14. The van der Waals surface area contributed by atoms with Crippen molar-refractivity contribution in [3.63, 3.8) is 0 Å². The molecule has 20 heteroatoms. The molecule has 3 heterocycles. The predicted molar refractivity (Wildman–Crippen MR) is 156 cm³/mol. The largest absolute Gasteiger partial charge is 0.394 e. The predicted octanol–water partition coefficient (Wildman–Crippen LogP) is -8.92. The van der Waals surface area contributed by atoms with E-state index in [0.717, 1.165) is 0 Å². The van der Waals surface area contributed by atoms with Crippen molar-refractivity contribution in [2.45, 2.75) is 129 Å². The highest BCUT2D eigenvalue weighted by atomic mass is 16.8. The second-order valence-electron chi connectivity index (χ2n) is 12.4. The van der Waals surface area contributed by atoms with Crippen LogP contribution in [0.5, 0.6) is 0 Å². The normalized spacial score (nSPS) is 50.2. The molecule has 270 valence electrons.